The Bertz CT molecular complexity index is 565. The average molecular weight is 273 g/mol. The van der Waals surface area contributed by atoms with E-state index >= 15 is 0 Å². The molecule has 1 saturated heterocycles. The van der Waals surface area contributed by atoms with Crippen LogP contribution in [-0.4, -0.2) is 41.0 Å². The smallest absolute Gasteiger partial charge is 0.305 e. The number of hydrogen-bond acceptors (Lipinski definition) is 4. The number of nitriles is 1. The summed E-state index contributed by atoms with van der Waals surface area (Å²) in [6, 6.07) is 8.52. The van der Waals surface area contributed by atoms with Crippen LogP contribution in [0.5, 0.6) is 0 Å². The minimum Gasteiger partial charge on any atom is -0.481 e. The first-order chi connectivity index (χ1) is 9.60. The third kappa shape index (κ3) is 3.33. The van der Waals surface area contributed by atoms with Crippen molar-refractivity contribution in [2.45, 2.75) is 19.0 Å². The summed E-state index contributed by atoms with van der Waals surface area (Å²) in [5, 5.41) is 20.5. The average Bonchev–Trinajstić information content (AvgIpc) is 2.42. The van der Waals surface area contributed by atoms with Crippen LogP contribution in [-0.2, 0) is 16.1 Å². The van der Waals surface area contributed by atoms with E-state index in [1.54, 1.807) is 18.2 Å². The summed E-state index contributed by atoms with van der Waals surface area (Å²) in [7, 11) is 0. The number of amides is 1. The number of benzene rings is 1. The van der Waals surface area contributed by atoms with Crippen LogP contribution in [0.3, 0.4) is 0 Å². The summed E-state index contributed by atoms with van der Waals surface area (Å²) in [6.07, 6.45) is -0.218. The van der Waals surface area contributed by atoms with E-state index in [1.807, 2.05) is 11.0 Å². The van der Waals surface area contributed by atoms with Gasteiger partial charge in [0.05, 0.1) is 18.1 Å². The number of nitrogens with one attached hydrogen (secondary N) is 1. The number of nitrogens with zero attached hydrogens (tertiary/aromatic N) is 2. The van der Waals surface area contributed by atoms with Crippen LogP contribution in [0.25, 0.3) is 0 Å². The molecule has 2 rings (SSSR count). The van der Waals surface area contributed by atoms with Gasteiger partial charge < -0.3 is 10.4 Å². The number of piperazine rings is 1. The maximum atomic E-state index is 11.8. The molecule has 1 heterocycles. The Balaban J connectivity index is 2.14. The van der Waals surface area contributed by atoms with E-state index in [-0.39, 0.29) is 12.3 Å². The fraction of sp³-hybridized carbons (Fsp3) is 0.357. The number of carboxylic acid groups (broad SMARTS) is 1. The predicted octanol–water partition coefficient (Wildman–Crippen LogP) is 0.333. The summed E-state index contributed by atoms with van der Waals surface area (Å²) in [5.41, 5.74) is 1.45. The molecule has 1 amide bonds. The van der Waals surface area contributed by atoms with Gasteiger partial charge in [-0.2, -0.15) is 5.26 Å². The van der Waals surface area contributed by atoms with Gasteiger partial charge in [0.1, 0.15) is 6.04 Å². The van der Waals surface area contributed by atoms with Crippen LogP contribution in [0.1, 0.15) is 17.5 Å². The van der Waals surface area contributed by atoms with Crippen molar-refractivity contribution >= 4 is 11.9 Å². The van der Waals surface area contributed by atoms with E-state index in [0.717, 1.165) is 5.56 Å². The number of carboxylic acids is 1. The molecular formula is C14H15N3O3. The van der Waals surface area contributed by atoms with E-state index in [2.05, 4.69) is 11.4 Å². The number of aliphatic carboxylic acids is 1. The Morgan fingerprint density at radius 2 is 2.35 bits per heavy atom. The molecule has 1 aliphatic heterocycles. The monoisotopic (exact) mass is 273 g/mol. The molecule has 0 aromatic heterocycles. The lowest BCUT2D eigenvalue weighted by Gasteiger charge is -2.34. The Morgan fingerprint density at radius 1 is 1.55 bits per heavy atom. The summed E-state index contributed by atoms with van der Waals surface area (Å²) in [5.74, 6) is -1.25. The van der Waals surface area contributed by atoms with Crippen LogP contribution in [0.2, 0.25) is 0 Å². The zero-order valence-corrected chi connectivity index (χ0v) is 10.9. The fourth-order valence-corrected chi connectivity index (χ4v) is 2.31. The molecule has 104 valence electrons. The molecule has 0 saturated carbocycles. The highest BCUT2D eigenvalue weighted by Crippen LogP contribution is 2.14. The summed E-state index contributed by atoms with van der Waals surface area (Å²) in [4.78, 5) is 24.5. The standard InChI is InChI=1S/C14H15N3O3/c15-8-10-2-1-3-11(6-10)9-17-5-4-16-14(20)12(17)7-13(18)19/h1-3,6,12H,4-5,7,9H2,(H,16,20)(H,18,19). The molecule has 1 aromatic rings. The number of hydrogen-bond donors (Lipinski definition) is 2. The largest absolute Gasteiger partial charge is 0.481 e. The Morgan fingerprint density at radius 3 is 3.05 bits per heavy atom. The highest BCUT2D eigenvalue weighted by atomic mass is 16.4. The van der Waals surface area contributed by atoms with Gasteiger partial charge in [-0.15, -0.1) is 0 Å². The quantitative estimate of drug-likeness (QED) is 0.824. The molecule has 1 fully saturated rings. The summed E-state index contributed by atoms with van der Waals surface area (Å²) < 4.78 is 0. The van der Waals surface area contributed by atoms with Crippen LogP contribution in [0.4, 0.5) is 0 Å². The van der Waals surface area contributed by atoms with Gasteiger partial charge >= 0.3 is 5.97 Å². The lowest BCUT2D eigenvalue weighted by atomic mass is 10.1. The fourth-order valence-electron chi connectivity index (χ4n) is 2.31. The van der Waals surface area contributed by atoms with Gasteiger partial charge in [-0.1, -0.05) is 12.1 Å². The van der Waals surface area contributed by atoms with Crippen LogP contribution in [0.15, 0.2) is 24.3 Å². The number of carbonyl (C=O) groups is 2. The van der Waals surface area contributed by atoms with E-state index in [4.69, 9.17) is 10.4 Å². The number of rotatable bonds is 4. The minimum absolute atomic E-state index is 0.218. The van der Waals surface area contributed by atoms with Crippen LogP contribution in [0, 0.1) is 11.3 Å². The van der Waals surface area contributed by atoms with Gasteiger partial charge in [0.25, 0.3) is 0 Å². The first-order valence-electron chi connectivity index (χ1n) is 6.33. The van der Waals surface area contributed by atoms with Crippen molar-refractivity contribution < 1.29 is 14.7 Å². The van der Waals surface area contributed by atoms with Gasteiger partial charge in [0, 0.05) is 19.6 Å². The van der Waals surface area contributed by atoms with E-state index in [0.29, 0.717) is 25.2 Å². The lowest BCUT2D eigenvalue weighted by Crippen LogP contribution is -2.55. The molecule has 0 bridgehead atoms. The third-order valence-corrected chi connectivity index (χ3v) is 3.25. The Hall–Kier alpha value is -2.39. The molecule has 1 aromatic carbocycles. The Kier molecular flexibility index (Phi) is 4.33. The first-order valence-corrected chi connectivity index (χ1v) is 6.33. The third-order valence-electron chi connectivity index (χ3n) is 3.25. The normalized spacial score (nSPS) is 19.1. The zero-order chi connectivity index (χ0) is 14.5. The SMILES string of the molecule is N#Cc1cccc(CN2CCNC(=O)C2CC(=O)O)c1. The first kappa shape index (κ1) is 14.0. The molecular weight excluding hydrogens is 258 g/mol. The number of carbonyl (C=O) groups excluding carboxylic acids is 1. The van der Waals surface area contributed by atoms with Gasteiger partial charge in [-0.3, -0.25) is 14.5 Å². The predicted molar refractivity (Wildman–Crippen MR) is 70.6 cm³/mol. The highest BCUT2D eigenvalue weighted by molar-refractivity contribution is 5.86. The lowest BCUT2D eigenvalue weighted by molar-refractivity contribution is -0.143. The maximum absolute atomic E-state index is 11.8. The Labute approximate surface area is 116 Å². The molecule has 6 nitrogen and oxygen atoms in total. The second-order valence-corrected chi connectivity index (χ2v) is 4.69. The van der Waals surface area contributed by atoms with Gasteiger partial charge in [0.2, 0.25) is 5.91 Å². The topological polar surface area (TPSA) is 93.4 Å². The minimum atomic E-state index is -0.997. The second-order valence-electron chi connectivity index (χ2n) is 4.69. The van der Waals surface area contributed by atoms with E-state index in [1.165, 1.54) is 0 Å². The second kappa shape index (κ2) is 6.17. The molecule has 0 spiro atoms. The molecule has 0 radical (unpaired) electrons. The summed E-state index contributed by atoms with van der Waals surface area (Å²) in [6.45, 7) is 1.56. The molecule has 6 heteroatoms. The highest BCUT2D eigenvalue weighted by Gasteiger charge is 2.31. The van der Waals surface area contributed by atoms with Gasteiger partial charge in [-0.25, -0.2) is 0 Å². The van der Waals surface area contributed by atoms with E-state index < -0.39 is 12.0 Å². The van der Waals surface area contributed by atoms with Gasteiger partial charge in [-0.05, 0) is 17.7 Å². The van der Waals surface area contributed by atoms with Gasteiger partial charge in [0.15, 0.2) is 0 Å². The van der Waals surface area contributed by atoms with Crippen molar-refractivity contribution in [2.24, 2.45) is 0 Å². The molecule has 20 heavy (non-hydrogen) atoms. The van der Waals surface area contributed by atoms with Crippen molar-refractivity contribution in [1.29, 1.82) is 5.26 Å². The van der Waals surface area contributed by atoms with Crippen LogP contribution >= 0.6 is 0 Å². The van der Waals surface area contributed by atoms with Crippen molar-refractivity contribution in [3.8, 4) is 6.07 Å². The molecule has 1 atom stereocenters. The van der Waals surface area contributed by atoms with Crippen molar-refractivity contribution in [1.82, 2.24) is 10.2 Å². The van der Waals surface area contributed by atoms with Crippen molar-refractivity contribution in [2.75, 3.05) is 13.1 Å². The van der Waals surface area contributed by atoms with Crippen molar-refractivity contribution in [3.63, 3.8) is 0 Å². The van der Waals surface area contributed by atoms with Crippen LogP contribution < -0.4 is 5.32 Å². The van der Waals surface area contributed by atoms with E-state index in [9.17, 15) is 9.59 Å². The molecule has 1 aliphatic rings. The summed E-state index contributed by atoms with van der Waals surface area (Å²) >= 11 is 0. The molecule has 1 unspecified atom stereocenters. The maximum Gasteiger partial charge on any atom is 0.305 e. The van der Waals surface area contributed by atoms with Crippen molar-refractivity contribution in [3.05, 3.63) is 35.4 Å². The molecule has 2 N–H and O–H groups in total. The molecule has 0 aliphatic carbocycles. The zero-order valence-electron chi connectivity index (χ0n) is 10.9.